The lowest BCUT2D eigenvalue weighted by atomic mass is 10.1. The van der Waals surface area contributed by atoms with E-state index in [0.717, 1.165) is 51.4 Å². The Hall–Kier alpha value is -2.41. The van der Waals surface area contributed by atoms with Crippen molar-refractivity contribution >= 4 is 0 Å². The Morgan fingerprint density at radius 2 is 2.03 bits per heavy atom. The van der Waals surface area contributed by atoms with Gasteiger partial charge in [-0.15, -0.1) is 11.0 Å². The number of rotatable bonds is 11. The van der Waals surface area contributed by atoms with Gasteiger partial charge in [0.05, 0.1) is 6.61 Å². The summed E-state index contributed by atoms with van der Waals surface area (Å²) in [6.07, 6.45) is 5.87. The monoisotopic (exact) mass is 431 g/mol. The standard InChI is InChI=1S/C19H27N3O.C4H6O4/c1-21(16-17-9-3-2-4-10-17)12-7-8-14-23-19-15-18-11-5-6-13-22(18)20-19;1-2-3-4-6-8-7-5/h2-4,9-10,15H,5-8,11-14,16H2,1H3;5H,4H2,1H3. The van der Waals surface area contributed by atoms with Gasteiger partial charge in [0.2, 0.25) is 5.88 Å². The molecule has 1 aliphatic rings. The summed E-state index contributed by atoms with van der Waals surface area (Å²) < 4.78 is 7.91. The van der Waals surface area contributed by atoms with Crippen LogP contribution in [0, 0.1) is 11.8 Å². The molecule has 1 aliphatic heterocycles. The van der Waals surface area contributed by atoms with E-state index in [1.54, 1.807) is 6.92 Å². The van der Waals surface area contributed by atoms with Gasteiger partial charge in [-0.1, -0.05) is 36.3 Å². The van der Waals surface area contributed by atoms with Crippen LogP contribution in [-0.4, -0.2) is 46.7 Å². The van der Waals surface area contributed by atoms with Gasteiger partial charge in [0.1, 0.15) is 6.61 Å². The second-order valence-electron chi connectivity index (χ2n) is 7.26. The summed E-state index contributed by atoms with van der Waals surface area (Å²) in [5, 5.41) is 18.7. The normalized spacial score (nSPS) is 12.4. The van der Waals surface area contributed by atoms with Gasteiger partial charge in [-0.3, -0.25) is 4.68 Å². The first-order valence-electron chi connectivity index (χ1n) is 10.6. The molecule has 1 N–H and O–H groups in total. The third-order valence-corrected chi connectivity index (χ3v) is 4.76. The van der Waals surface area contributed by atoms with Crippen molar-refractivity contribution in [2.45, 2.75) is 52.1 Å². The molecule has 0 amide bonds. The Labute approximate surface area is 184 Å². The Bertz CT molecular complexity index is 762. The van der Waals surface area contributed by atoms with Crippen molar-refractivity contribution in [1.29, 1.82) is 0 Å². The third kappa shape index (κ3) is 10.4. The van der Waals surface area contributed by atoms with Crippen molar-refractivity contribution in [3.8, 4) is 17.7 Å². The molecule has 2 aromatic rings. The molecular formula is C23H33N3O5. The molecule has 1 aromatic heterocycles. The molecule has 170 valence electrons. The second-order valence-corrected chi connectivity index (χ2v) is 7.26. The first-order valence-corrected chi connectivity index (χ1v) is 10.6. The number of unbranched alkanes of at least 4 members (excludes halogenated alkanes) is 1. The highest BCUT2D eigenvalue weighted by Crippen LogP contribution is 2.19. The summed E-state index contributed by atoms with van der Waals surface area (Å²) in [7, 11) is 2.18. The third-order valence-electron chi connectivity index (χ3n) is 4.76. The summed E-state index contributed by atoms with van der Waals surface area (Å²) in [5.41, 5.74) is 2.70. The molecule has 2 heterocycles. The lowest BCUT2D eigenvalue weighted by Gasteiger charge is -2.16. The van der Waals surface area contributed by atoms with Crippen molar-refractivity contribution in [2.75, 3.05) is 26.8 Å². The summed E-state index contributed by atoms with van der Waals surface area (Å²) in [5.74, 6) is 5.83. The van der Waals surface area contributed by atoms with Gasteiger partial charge in [0, 0.05) is 24.8 Å². The first-order chi connectivity index (χ1) is 15.2. The molecule has 31 heavy (non-hydrogen) atoms. The van der Waals surface area contributed by atoms with Gasteiger partial charge in [-0.25, -0.2) is 5.26 Å². The van der Waals surface area contributed by atoms with Gasteiger partial charge in [0.15, 0.2) is 0 Å². The molecular weight excluding hydrogens is 398 g/mol. The van der Waals surface area contributed by atoms with E-state index in [-0.39, 0.29) is 6.61 Å². The highest BCUT2D eigenvalue weighted by Gasteiger charge is 2.12. The second kappa shape index (κ2) is 15.4. The molecule has 0 spiro atoms. The molecule has 0 atom stereocenters. The van der Waals surface area contributed by atoms with Gasteiger partial charge in [0.25, 0.3) is 0 Å². The number of aromatic nitrogens is 2. The van der Waals surface area contributed by atoms with Crippen molar-refractivity contribution in [1.82, 2.24) is 14.7 Å². The van der Waals surface area contributed by atoms with Crippen LogP contribution in [0.15, 0.2) is 36.4 Å². The van der Waals surface area contributed by atoms with E-state index in [2.05, 4.69) is 84.9 Å². The molecule has 0 radical (unpaired) electrons. The molecule has 0 fully saturated rings. The quantitative estimate of drug-likeness (QED) is 0.250. The number of fused-ring (bicyclic) bond motifs is 1. The molecule has 8 nitrogen and oxygen atoms in total. The molecule has 0 aliphatic carbocycles. The van der Waals surface area contributed by atoms with Crippen LogP contribution < -0.4 is 4.74 Å². The minimum Gasteiger partial charge on any atom is -0.477 e. The Morgan fingerprint density at radius 1 is 1.19 bits per heavy atom. The van der Waals surface area contributed by atoms with Gasteiger partial charge in [-0.2, -0.15) is 4.89 Å². The zero-order valence-corrected chi connectivity index (χ0v) is 18.5. The molecule has 0 bridgehead atoms. The lowest BCUT2D eigenvalue weighted by Crippen LogP contribution is -2.19. The number of nitrogens with zero attached hydrogens (tertiary/aromatic N) is 3. The number of hydrogen-bond acceptors (Lipinski definition) is 7. The predicted octanol–water partition coefficient (Wildman–Crippen LogP) is 3.87. The molecule has 1 aromatic carbocycles. The maximum atomic E-state index is 7.47. The fraction of sp³-hybridized carbons (Fsp3) is 0.522. The summed E-state index contributed by atoms with van der Waals surface area (Å²) in [6, 6.07) is 12.7. The zero-order chi connectivity index (χ0) is 22.2. The molecule has 0 saturated heterocycles. The summed E-state index contributed by atoms with van der Waals surface area (Å²) in [4.78, 5) is 6.44. The average molecular weight is 432 g/mol. The van der Waals surface area contributed by atoms with E-state index in [1.807, 2.05) is 0 Å². The van der Waals surface area contributed by atoms with E-state index in [1.165, 1.54) is 24.1 Å². The first kappa shape index (κ1) is 24.9. The maximum Gasteiger partial charge on any atom is 0.232 e. The van der Waals surface area contributed by atoms with Gasteiger partial charge in [-0.05, 0) is 68.3 Å². The molecule has 8 heteroatoms. The van der Waals surface area contributed by atoms with Crippen LogP contribution >= 0.6 is 0 Å². The molecule has 3 rings (SSSR count). The van der Waals surface area contributed by atoms with Crippen LogP contribution in [0.1, 0.15) is 43.9 Å². The summed E-state index contributed by atoms with van der Waals surface area (Å²) in [6.45, 7) is 5.65. The largest absolute Gasteiger partial charge is 0.477 e. The molecule has 0 unspecified atom stereocenters. The van der Waals surface area contributed by atoms with Crippen LogP contribution in [0.25, 0.3) is 0 Å². The van der Waals surface area contributed by atoms with E-state index in [9.17, 15) is 0 Å². The predicted molar refractivity (Wildman–Crippen MR) is 117 cm³/mol. The number of ether oxygens (including phenoxy) is 1. The molecule has 0 saturated carbocycles. The van der Waals surface area contributed by atoms with Gasteiger partial charge >= 0.3 is 0 Å². The fourth-order valence-corrected chi connectivity index (χ4v) is 3.24. The van der Waals surface area contributed by atoms with Crippen molar-refractivity contribution in [2.24, 2.45) is 0 Å². The number of benzene rings is 1. The Kier molecular flexibility index (Phi) is 12.3. The SMILES string of the molecule is CC#CCOOOO.CN(CCCCOc1cc2n(n1)CCCC2)Cc1ccccc1. The Balaban J connectivity index is 0.000000366. The van der Waals surface area contributed by atoms with Gasteiger partial charge < -0.3 is 9.64 Å². The fourth-order valence-electron chi connectivity index (χ4n) is 3.24. The number of hydrogen-bond donors (Lipinski definition) is 1. The highest BCUT2D eigenvalue weighted by molar-refractivity contribution is 5.17. The average Bonchev–Trinajstić information content (AvgIpc) is 3.21. The minimum atomic E-state index is 0.0804. The topological polar surface area (TPSA) is 78.2 Å². The lowest BCUT2D eigenvalue weighted by molar-refractivity contribution is -0.620. The number of aryl methyl sites for hydroxylation is 2. The highest BCUT2D eigenvalue weighted by atomic mass is 17.6. The Morgan fingerprint density at radius 3 is 2.77 bits per heavy atom. The van der Waals surface area contributed by atoms with E-state index in [4.69, 9.17) is 9.99 Å². The zero-order valence-electron chi connectivity index (χ0n) is 18.5. The summed E-state index contributed by atoms with van der Waals surface area (Å²) >= 11 is 0. The van der Waals surface area contributed by atoms with Crippen LogP contribution in [0.3, 0.4) is 0 Å². The van der Waals surface area contributed by atoms with Crippen LogP contribution in [0.2, 0.25) is 0 Å². The van der Waals surface area contributed by atoms with E-state index in [0.29, 0.717) is 0 Å². The van der Waals surface area contributed by atoms with Crippen LogP contribution in [-0.2, 0) is 34.5 Å². The minimum absolute atomic E-state index is 0.0804. The van der Waals surface area contributed by atoms with E-state index < -0.39 is 0 Å². The van der Waals surface area contributed by atoms with Crippen molar-refractivity contribution in [3.63, 3.8) is 0 Å². The van der Waals surface area contributed by atoms with Crippen LogP contribution in [0.4, 0.5) is 0 Å². The maximum absolute atomic E-state index is 7.47. The van der Waals surface area contributed by atoms with Crippen molar-refractivity contribution < 1.29 is 25.0 Å². The van der Waals surface area contributed by atoms with Crippen molar-refractivity contribution in [3.05, 3.63) is 47.7 Å². The van der Waals surface area contributed by atoms with Crippen LogP contribution in [0.5, 0.6) is 5.88 Å². The smallest absolute Gasteiger partial charge is 0.232 e. The van der Waals surface area contributed by atoms with E-state index >= 15 is 0 Å².